The average Bonchev–Trinajstić information content (AvgIpc) is 2.73. The predicted molar refractivity (Wildman–Crippen MR) is 65.0 cm³/mol. The van der Waals surface area contributed by atoms with Crippen molar-refractivity contribution < 1.29 is 4.42 Å². The largest absolute Gasteiger partial charge is 0.468 e. The number of rotatable bonds is 3. The van der Waals surface area contributed by atoms with Gasteiger partial charge >= 0.3 is 0 Å². The zero-order valence-corrected chi connectivity index (χ0v) is 10.3. The van der Waals surface area contributed by atoms with Crippen molar-refractivity contribution in [3.8, 4) is 0 Å². The van der Waals surface area contributed by atoms with Crippen molar-refractivity contribution in [3.05, 3.63) is 24.2 Å². The van der Waals surface area contributed by atoms with Gasteiger partial charge in [-0.1, -0.05) is 0 Å². The molecule has 0 aliphatic carbocycles. The third kappa shape index (κ3) is 2.15. The summed E-state index contributed by atoms with van der Waals surface area (Å²) in [6.07, 6.45) is 4.23. The Bertz CT molecular complexity index is 319. The lowest BCUT2D eigenvalue weighted by molar-refractivity contribution is 0.0141. The Morgan fingerprint density at radius 2 is 2.38 bits per heavy atom. The number of hydrogen-bond donors (Lipinski definition) is 1. The van der Waals surface area contributed by atoms with Crippen molar-refractivity contribution in [2.75, 3.05) is 13.1 Å². The van der Waals surface area contributed by atoms with Crippen LogP contribution in [-0.2, 0) is 6.54 Å². The van der Waals surface area contributed by atoms with E-state index < -0.39 is 0 Å². The lowest BCUT2D eigenvalue weighted by atomic mass is 9.79. The summed E-state index contributed by atoms with van der Waals surface area (Å²) in [6, 6.07) is 3.99. The zero-order chi connectivity index (χ0) is 11.6. The molecule has 90 valence electrons. The summed E-state index contributed by atoms with van der Waals surface area (Å²) in [6.45, 7) is 7.42. The van der Waals surface area contributed by atoms with Gasteiger partial charge in [-0.3, -0.25) is 4.90 Å². The van der Waals surface area contributed by atoms with Gasteiger partial charge in [0.2, 0.25) is 0 Å². The first kappa shape index (κ1) is 11.7. The van der Waals surface area contributed by atoms with Gasteiger partial charge in [0.25, 0.3) is 0 Å². The van der Waals surface area contributed by atoms with Crippen molar-refractivity contribution in [3.63, 3.8) is 0 Å². The van der Waals surface area contributed by atoms with Gasteiger partial charge in [0, 0.05) is 5.54 Å². The predicted octanol–water partition coefficient (Wildman–Crippen LogP) is 2.23. The maximum atomic E-state index is 5.86. The molecular formula is C13H22N2O. The topological polar surface area (TPSA) is 42.4 Å². The molecule has 0 spiro atoms. The van der Waals surface area contributed by atoms with E-state index in [0.717, 1.165) is 25.4 Å². The van der Waals surface area contributed by atoms with E-state index in [-0.39, 0.29) is 5.54 Å². The van der Waals surface area contributed by atoms with Crippen LogP contribution in [0.2, 0.25) is 0 Å². The third-order valence-electron chi connectivity index (χ3n) is 4.01. The van der Waals surface area contributed by atoms with E-state index in [0.29, 0.717) is 5.92 Å². The van der Waals surface area contributed by atoms with Crippen LogP contribution in [0.3, 0.4) is 0 Å². The van der Waals surface area contributed by atoms with Crippen molar-refractivity contribution in [1.29, 1.82) is 0 Å². The molecule has 1 saturated heterocycles. The highest BCUT2D eigenvalue weighted by molar-refractivity contribution is 5.01. The van der Waals surface area contributed by atoms with E-state index in [9.17, 15) is 0 Å². The maximum Gasteiger partial charge on any atom is 0.117 e. The fourth-order valence-electron chi connectivity index (χ4n) is 2.71. The molecule has 0 aromatic carbocycles. The molecule has 1 aromatic heterocycles. The molecule has 1 unspecified atom stereocenters. The van der Waals surface area contributed by atoms with Gasteiger partial charge in [-0.2, -0.15) is 0 Å². The molecule has 16 heavy (non-hydrogen) atoms. The van der Waals surface area contributed by atoms with Gasteiger partial charge in [0.1, 0.15) is 5.76 Å². The van der Waals surface area contributed by atoms with Gasteiger partial charge in [-0.25, -0.2) is 0 Å². The van der Waals surface area contributed by atoms with Crippen LogP contribution in [0.5, 0.6) is 0 Å². The van der Waals surface area contributed by atoms with E-state index in [1.165, 1.54) is 12.8 Å². The smallest absolute Gasteiger partial charge is 0.117 e. The fourth-order valence-corrected chi connectivity index (χ4v) is 2.71. The Balaban J connectivity index is 2.08. The molecule has 1 atom stereocenters. The monoisotopic (exact) mass is 222 g/mol. The second-order valence-electron chi connectivity index (χ2n) is 5.23. The molecule has 1 aliphatic heterocycles. The van der Waals surface area contributed by atoms with E-state index in [1.54, 1.807) is 6.26 Å². The Labute approximate surface area is 97.6 Å². The van der Waals surface area contributed by atoms with Crippen LogP contribution in [0.15, 0.2) is 22.8 Å². The molecule has 0 amide bonds. The number of likely N-dealkylation sites (tertiary alicyclic amines) is 1. The number of nitrogens with zero attached hydrogens (tertiary/aromatic N) is 1. The second kappa shape index (κ2) is 4.60. The molecular weight excluding hydrogens is 200 g/mol. The lowest BCUT2D eigenvalue weighted by Crippen LogP contribution is -2.54. The number of furan rings is 1. The summed E-state index contributed by atoms with van der Waals surface area (Å²) in [4.78, 5) is 2.49. The SMILES string of the molecule is CC1(C)C(CN)CCCN1Cc1ccco1. The molecule has 3 nitrogen and oxygen atoms in total. The van der Waals surface area contributed by atoms with E-state index >= 15 is 0 Å². The molecule has 2 rings (SSSR count). The average molecular weight is 222 g/mol. The van der Waals surface area contributed by atoms with Crippen molar-refractivity contribution in [2.45, 2.75) is 38.8 Å². The highest BCUT2D eigenvalue weighted by Gasteiger charge is 2.37. The third-order valence-corrected chi connectivity index (χ3v) is 4.01. The molecule has 0 bridgehead atoms. The lowest BCUT2D eigenvalue weighted by Gasteiger charge is -2.47. The van der Waals surface area contributed by atoms with Crippen LogP contribution in [0, 0.1) is 5.92 Å². The zero-order valence-electron chi connectivity index (χ0n) is 10.3. The van der Waals surface area contributed by atoms with Crippen molar-refractivity contribution in [2.24, 2.45) is 11.7 Å². The van der Waals surface area contributed by atoms with E-state index in [2.05, 4.69) is 18.7 Å². The highest BCUT2D eigenvalue weighted by Crippen LogP contribution is 2.33. The maximum absolute atomic E-state index is 5.86. The minimum absolute atomic E-state index is 0.180. The van der Waals surface area contributed by atoms with Crippen molar-refractivity contribution in [1.82, 2.24) is 4.90 Å². The number of piperidine rings is 1. The van der Waals surface area contributed by atoms with Crippen LogP contribution >= 0.6 is 0 Å². The molecule has 0 saturated carbocycles. The molecule has 2 N–H and O–H groups in total. The Morgan fingerprint density at radius 3 is 3.00 bits per heavy atom. The Kier molecular flexibility index (Phi) is 3.36. The van der Waals surface area contributed by atoms with Crippen LogP contribution < -0.4 is 5.73 Å². The summed E-state index contributed by atoms with van der Waals surface area (Å²) in [5, 5.41) is 0. The van der Waals surface area contributed by atoms with Crippen LogP contribution in [-0.4, -0.2) is 23.5 Å². The van der Waals surface area contributed by atoms with E-state index in [4.69, 9.17) is 10.2 Å². The quantitative estimate of drug-likeness (QED) is 0.852. The summed E-state index contributed by atoms with van der Waals surface area (Å²) < 4.78 is 5.43. The van der Waals surface area contributed by atoms with Crippen LogP contribution in [0.1, 0.15) is 32.4 Å². The van der Waals surface area contributed by atoms with Gasteiger partial charge in [0.15, 0.2) is 0 Å². The van der Waals surface area contributed by atoms with E-state index in [1.807, 2.05) is 12.1 Å². The minimum atomic E-state index is 0.180. The fraction of sp³-hybridized carbons (Fsp3) is 0.692. The van der Waals surface area contributed by atoms with Crippen LogP contribution in [0.25, 0.3) is 0 Å². The van der Waals surface area contributed by atoms with Gasteiger partial charge < -0.3 is 10.2 Å². The first-order valence-electron chi connectivity index (χ1n) is 6.12. The first-order chi connectivity index (χ1) is 7.64. The first-order valence-corrected chi connectivity index (χ1v) is 6.12. The number of nitrogens with two attached hydrogens (primary N) is 1. The standard InChI is InChI=1S/C13H22N2O/c1-13(2)11(9-14)5-3-7-15(13)10-12-6-4-8-16-12/h4,6,8,11H,3,5,7,9-10,14H2,1-2H3. The molecule has 3 heteroatoms. The molecule has 1 aromatic rings. The summed E-state index contributed by atoms with van der Waals surface area (Å²) in [7, 11) is 0. The molecule has 1 fully saturated rings. The summed E-state index contributed by atoms with van der Waals surface area (Å²) in [5.74, 6) is 1.64. The Morgan fingerprint density at radius 1 is 1.56 bits per heavy atom. The normalized spacial score (nSPS) is 25.8. The summed E-state index contributed by atoms with van der Waals surface area (Å²) >= 11 is 0. The summed E-state index contributed by atoms with van der Waals surface area (Å²) in [5.41, 5.74) is 6.04. The van der Waals surface area contributed by atoms with Gasteiger partial charge in [0.05, 0.1) is 12.8 Å². The second-order valence-corrected chi connectivity index (χ2v) is 5.23. The molecule has 1 aliphatic rings. The minimum Gasteiger partial charge on any atom is -0.468 e. The molecule has 2 heterocycles. The molecule has 0 radical (unpaired) electrons. The van der Waals surface area contributed by atoms with Crippen LogP contribution in [0.4, 0.5) is 0 Å². The van der Waals surface area contributed by atoms with Crippen molar-refractivity contribution >= 4 is 0 Å². The highest BCUT2D eigenvalue weighted by atomic mass is 16.3. The van der Waals surface area contributed by atoms with Gasteiger partial charge in [-0.05, 0) is 57.8 Å². The van der Waals surface area contributed by atoms with Gasteiger partial charge in [-0.15, -0.1) is 0 Å². The Hall–Kier alpha value is -0.800. The number of hydrogen-bond acceptors (Lipinski definition) is 3.